The molecule has 1 N–H and O–H groups in total. The summed E-state index contributed by atoms with van der Waals surface area (Å²) in [5.41, 5.74) is 0.380. The van der Waals surface area contributed by atoms with Gasteiger partial charge in [0, 0.05) is 7.05 Å². The number of anilines is 1. The molecule has 8 heteroatoms. The van der Waals surface area contributed by atoms with Crippen molar-refractivity contribution in [1.82, 2.24) is 9.97 Å². The third kappa shape index (κ3) is 2.36. The average molecular weight is 275 g/mol. The molecule has 0 aliphatic heterocycles. The second-order valence-corrected chi connectivity index (χ2v) is 4.70. The van der Waals surface area contributed by atoms with Gasteiger partial charge in [0.2, 0.25) is 5.95 Å². The Bertz CT molecular complexity index is 689. The normalized spacial score (nSPS) is 9.95. The maximum Gasteiger partial charge on any atom is 0.317 e. The van der Waals surface area contributed by atoms with E-state index in [0.717, 1.165) is 11.3 Å². The molecule has 0 bridgehead atoms. The van der Waals surface area contributed by atoms with Gasteiger partial charge < -0.3 is 5.32 Å². The molecule has 2 aromatic rings. The summed E-state index contributed by atoms with van der Waals surface area (Å²) >= 11 is 1.16. The highest BCUT2D eigenvalue weighted by molar-refractivity contribution is 7.16. The van der Waals surface area contributed by atoms with Gasteiger partial charge in [0.25, 0.3) is 0 Å². The van der Waals surface area contributed by atoms with E-state index in [0.29, 0.717) is 15.7 Å². The molecule has 0 radical (unpaired) electrons. The van der Waals surface area contributed by atoms with Crippen LogP contribution in [-0.4, -0.2) is 21.9 Å². The first-order valence-electron chi connectivity index (χ1n) is 5.28. The van der Waals surface area contributed by atoms with Crippen LogP contribution in [0.4, 0.5) is 11.6 Å². The third-order valence-corrected chi connectivity index (χ3v) is 3.41. The predicted octanol–water partition coefficient (Wildman–Crippen LogP) is 2.34. The molecule has 19 heavy (non-hydrogen) atoms. The highest BCUT2D eigenvalue weighted by atomic mass is 32.1. The van der Waals surface area contributed by atoms with Crippen molar-refractivity contribution in [2.24, 2.45) is 0 Å². The summed E-state index contributed by atoms with van der Waals surface area (Å²) in [6, 6.07) is 5.26. The molecule has 0 atom stereocenters. The van der Waals surface area contributed by atoms with E-state index in [4.69, 9.17) is 5.26 Å². The van der Waals surface area contributed by atoms with E-state index in [2.05, 4.69) is 15.3 Å². The summed E-state index contributed by atoms with van der Waals surface area (Å²) in [7, 11) is 1.64. The Labute approximate surface area is 112 Å². The molecule has 2 aromatic heterocycles. The van der Waals surface area contributed by atoms with Gasteiger partial charge in [-0.15, -0.1) is 11.3 Å². The van der Waals surface area contributed by atoms with Gasteiger partial charge in [-0.2, -0.15) is 5.26 Å². The molecule has 0 amide bonds. The topological polar surface area (TPSA) is 105 Å². The first-order chi connectivity index (χ1) is 9.06. The van der Waals surface area contributed by atoms with Gasteiger partial charge in [0.1, 0.15) is 16.6 Å². The molecule has 0 spiro atoms. The molecular formula is C11H9N5O2S. The van der Waals surface area contributed by atoms with Gasteiger partial charge in [-0.05, 0) is 19.1 Å². The summed E-state index contributed by atoms with van der Waals surface area (Å²) < 4.78 is 0. The van der Waals surface area contributed by atoms with Crippen molar-refractivity contribution in [3.8, 4) is 16.6 Å². The van der Waals surface area contributed by atoms with E-state index in [-0.39, 0.29) is 17.1 Å². The second kappa shape index (κ2) is 4.99. The zero-order valence-electron chi connectivity index (χ0n) is 10.2. The lowest BCUT2D eigenvalue weighted by molar-refractivity contribution is -0.385. The summed E-state index contributed by atoms with van der Waals surface area (Å²) in [5, 5.41) is 22.7. The summed E-state index contributed by atoms with van der Waals surface area (Å²) in [6.45, 7) is 1.56. The maximum atomic E-state index is 11.1. The lowest BCUT2D eigenvalue weighted by Gasteiger charge is -2.05. The van der Waals surface area contributed by atoms with Crippen molar-refractivity contribution in [3.63, 3.8) is 0 Å². The van der Waals surface area contributed by atoms with Crippen molar-refractivity contribution in [3.05, 3.63) is 32.8 Å². The minimum atomic E-state index is -0.504. The van der Waals surface area contributed by atoms with E-state index in [1.54, 1.807) is 26.1 Å². The van der Waals surface area contributed by atoms with Crippen molar-refractivity contribution in [1.29, 1.82) is 5.26 Å². The SMILES string of the molecule is CNc1nc(C)c([N+](=O)[O-])c(-c2ccc(C#N)s2)n1. The van der Waals surface area contributed by atoms with Gasteiger partial charge in [0.05, 0.1) is 9.80 Å². The monoisotopic (exact) mass is 275 g/mol. The predicted molar refractivity (Wildman–Crippen MR) is 71.0 cm³/mol. The molecule has 0 unspecified atom stereocenters. The summed E-state index contributed by atoms with van der Waals surface area (Å²) in [4.78, 5) is 19.8. The highest BCUT2D eigenvalue weighted by Gasteiger charge is 2.24. The van der Waals surface area contributed by atoms with Crippen LogP contribution in [0.15, 0.2) is 12.1 Å². The smallest absolute Gasteiger partial charge is 0.317 e. The number of aryl methyl sites for hydroxylation is 1. The van der Waals surface area contributed by atoms with Crippen molar-refractivity contribution < 1.29 is 4.92 Å². The van der Waals surface area contributed by atoms with Crippen LogP contribution >= 0.6 is 11.3 Å². The zero-order chi connectivity index (χ0) is 14.0. The Kier molecular flexibility index (Phi) is 3.39. The second-order valence-electron chi connectivity index (χ2n) is 3.61. The number of hydrogen-bond donors (Lipinski definition) is 1. The van der Waals surface area contributed by atoms with Crippen LogP contribution in [0, 0.1) is 28.4 Å². The molecule has 96 valence electrons. The van der Waals surface area contributed by atoms with Crippen LogP contribution < -0.4 is 5.32 Å². The standard InChI is InChI=1S/C11H9N5O2S/c1-6-10(16(17)18)9(15-11(13-2)14-6)8-4-3-7(5-12)19-8/h3-4H,1-2H3,(H,13,14,15). The molecule has 0 fully saturated rings. The van der Waals surface area contributed by atoms with Gasteiger partial charge in [-0.1, -0.05) is 0 Å². The largest absolute Gasteiger partial charge is 0.357 e. The Balaban J connectivity index is 2.69. The van der Waals surface area contributed by atoms with Gasteiger partial charge in [0.15, 0.2) is 5.69 Å². The maximum absolute atomic E-state index is 11.1. The lowest BCUT2D eigenvalue weighted by Crippen LogP contribution is -2.04. The van der Waals surface area contributed by atoms with Gasteiger partial charge in [-0.3, -0.25) is 10.1 Å². The Hall–Kier alpha value is -2.53. The van der Waals surface area contributed by atoms with E-state index < -0.39 is 4.92 Å². The summed E-state index contributed by atoms with van der Waals surface area (Å²) in [6.07, 6.45) is 0. The Morgan fingerprint density at radius 2 is 2.21 bits per heavy atom. The molecule has 2 heterocycles. The minimum Gasteiger partial charge on any atom is -0.357 e. The summed E-state index contributed by atoms with van der Waals surface area (Å²) in [5.74, 6) is 0.310. The first kappa shape index (κ1) is 12.9. The van der Waals surface area contributed by atoms with Crippen LogP contribution in [0.1, 0.15) is 10.6 Å². The fourth-order valence-corrected chi connectivity index (χ4v) is 2.39. The number of thiophene rings is 1. The molecule has 0 aromatic carbocycles. The van der Waals surface area contributed by atoms with Gasteiger partial charge >= 0.3 is 5.69 Å². The van der Waals surface area contributed by atoms with Crippen molar-refractivity contribution in [2.75, 3.05) is 12.4 Å². The Morgan fingerprint density at radius 3 is 2.74 bits per heavy atom. The molecule has 0 saturated heterocycles. The zero-order valence-corrected chi connectivity index (χ0v) is 11.0. The van der Waals surface area contributed by atoms with E-state index in [9.17, 15) is 10.1 Å². The van der Waals surface area contributed by atoms with Crippen LogP contribution in [0.5, 0.6) is 0 Å². The van der Waals surface area contributed by atoms with Crippen LogP contribution in [-0.2, 0) is 0 Å². The number of nitrogens with one attached hydrogen (secondary N) is 1. The molecule has 0 saturated carbocycles. The number of hydrogen-bond acceptors (Lipinski definition) is 7. The number of aromatic nitrogens is 2. The minimum absolute atomic E-state index is 0.134. The number of nitriles is 1. The van der Waals surface area contributed by atoms with Crippen LogP contribution in [0.25, 0.3) is 10.6 Å². The molecule has 0 aliphatic rings. The fraction of sp³-hybridized carbons (Fsp3) is 0.182. The Morgan fingerprint density at radius 1 is 1.47 bits per heavy atom. The lowest BCUT2D eigenvalue weighted by atomic mass is 10.2. The molecule has 7 nitrogen and oxygen atoms in total. The number of rotatable bonds is 3. The highest BCUT2D eigenvalue weighted by Crippen LogP contribution is 2.35. The van der Waals surface area contributed by atoms with Crippen molar-refractivity contribution in [2.45, 2.75) is 6.92 Å². The van der Waals surface area contributed by atoms with Crippen LogP contribution in [0.3, 0.4) is 0 Å². The van der Waals surface area contributed by atoms with Crippen molar-refractivity contribution >= 4 is 23.0 Å². The first-order valence-corrected chi connectivity index (χ1v) is 6.09. The molecule has 2 rings (SSSR count). The fourth-order valence-electron chi connectivity index (χ4n) is 1.59. The third-order valence-electron chi connectivity index (χ3n) is 2.41. The van der Waals surface area contributed by atoms with Crippen LogP contribution in [0.2, 0.25) is 0 Å². The number of nitro groups is 1. The number of nitrogens with zero attached hydrogens (tertiary/aromatic N) is 4. The van der Waals surface area contributed by atoms with E-state index >= 15 is 0 Å². The van der Waals surface area contributed by atoms with Gasteiger partial charge in [-0.25, -0.2) is 9.97 Å². The van der Waals surface area contributed by atoms with E-state index in [1.165, 1.54) is 0 Å². The van der Waals surface area contributed by atoms with E-state index in [1.807, 2.05) is 6.07 Å². The average Bonchev–Trinajstić information content (AvgIpc) is 2.85. The molecular weight excluding hydrogens is 266 g/mol. The molecule has 0 aliphatic carbocycles. The quantitative estimate of drug-likeness (QED) is 0.680.